The lowest BCUT2D eigenvalue weighted by atomic mass is 9.91. The van der Waals surface area contributed by atoms with Gasteiger partial charge in [0.15, 0.2) is 6.79 Å². The van der Waals surface area contributed by atoms with E-state index in [2.05, 4.69) is 72.8 Å². The van der Waals surface area contributed by atoms with E-state index in [1.807, 2.05) is 33.8 Å². The third-order valence-corrected chi connectivity index (χ3v) is 6.29. The molecule has 0 aromatic heterocycles. The third-order valence-electron chi connectivity index (χ3n) is 6.29. The van der Waals surface area contributed by atoms with E-state index in [0.717, 1.165) is 17.4 Å². The minimum Gasteiger partial charge on any atom is -0.438 e. The molecular formula is C29H30O3. The number of hydrogen-bond acceptors (Lipinski definition) is 3. The van der Waals surface area contributed by atoms with E-state index in [9.17, 15) is 4.79 Å². The molecule has 164 valence electrons. The van der Waals surface area contributed by atoms with Crippen molar-refractivity contribution in [2.24, 2.45) is 5.92 Å². The maximum atomic E-state index is 11.9. The summed E-state index contributed by atoms with van der Waals surface area (Å²) in [5, 5.41) is 4.85. The lowest BCUT2D eigenvalue weighted by Gasteiger charge is -2.26. The molecule has 3 heteroatoms. The molecule has 4 aromatic carbocycles. The molecule has 0 spiro atoms. The maximum Gasteiger partial charge on any atom is 0.310 e. The Bertz CT molecular complexity index is 1240. The Balaban J connectivity index is 1.63. The van der Waals surface area contributed by atoms with Crippen LogP contribution in [0.5, 0.6) is 0 Å². The molecule has 0 saturated heterocycles. The van der Waals surface area contributed by atoms with Crippen LogP contribution in [0, 0.1) is 5.92 Å². The Morgan fingerprint density at radius 1 is 0.875 bits per heavy atom. The van der Waals surface area contributed by atoms with Crippen molar-refractivity contribution >= 4 is 27.5 Å². The van der Waals surface area contributed by atoms with Crippen molar-refractivity contribution in [2.75, 3.05) is 6.79 Å². The average molecular weight is 427 g/mol. The van der Waals surface area contributed by atoms with Crippen LogP contribution in [0.4, 0.5) is 0 Å². The van der Waals surface area contributed by atoms with Gasteiger partial charge in [0.25, 0.3) is 0 Å². The first-order valence-electron chi connectivity index (χ1n) is 11.2. The fourth-order valence-corrected chi connectivity index (χ4v) is 3.97. The van der Waals surface area contributed by atoms with E-state index < -0.39 is 5.60 Å². The molecule has 0 aliphatic rings. The zero-order valence-electron chi connectivity index (χ0n) is 19.2. The van der Waals surface area contributed by atoms with Gasteiger partial charge in [0.05, 0.1) is 11.5 Å². The van der Waals surface area contributed by atoms with Crippen LogP contribution in [-0.2, 0) is 19.9 Å². The Labute approximate surface area is 190 Å². The largest absolute Gasteiger partial charge is 0.438 e. The minimum atomic E-state index is -0.579. The Hall–Kier alpha value is -3.17. The highest BCUT2D eigenvalue weighted by Crippen LogP contribution is 2.35. The summed E-state index contributed by atoms with van der Waals surface area (Å²) < 4.78 is 11.2. The van der Waals surface area contributed by atoms with Gasteiger partial charge in [-0.25, -0.2) is 0 Å². The molecule has 0 bridgehead atoms. The van der Waals surface area contributed by atoms with E-state index in [0.29, 0.717) is 0 Å². The summed E-state index contributed by atoms with van der Waals surface area (Å²) in [5.74, 6) is -0.334. The Kier molecular flexibility index (Phi) is 6.29. The van der Waals surface area contributed by atoms with Gasteiger partial charge in [-0.05, 0) is 64.6 Å². The fraction of sp³-hybridized carbons (Fsp3) is 0.276. The minimum absolute atomic E-state index is 0.0492. The van der Waals surface area contributed by atoms with Crippen LogP contribution < -0.4 is 0 Å². The van der Waals surface area contributed by atoms with Crippen LogP contribution in [0.2, 0.25) is 0 Å². The molecule has 0 aliphatic carbocycles. The zero-order valence-corrected chi connectivity index (χ0v) is 19.2. The van der Waals surface area contributed by atoms with Crippen molar-refractivity contribution in [1.82, 2.24) is 0 Å². The van der Waals surface area contributed by atoms with Gasteiger partial charge in [-0.3, -0.25) is 4.79 Å². The van der Waals surface area contributed by atoms with Gasteiger partial charge in [-0.1, -0.05) is 86.6 Å². The van der Waals surface area contributed by atoms with E-state index in [4.69, 9.17) is 9.47 Å². The topological polar surface area (TPSA) is 35.5 Å². The van der Waals surface area contributed by atoms with Crippen molar-refractivity contribution in [2.45, 2.75) is 39.7 Å². The van der Waals surface area contributed by atoms with Gasteiger partial charge in [0.2, 0.25) is 0 Å². The normalized spacial score (nSPS) is 12.8. The molecule has 0 fully saturated rings. The van der Waals surface area contributed by atoms with Crippen LogP contribution in [0.15, 0.2) is 78.9 Å². The second kappa shape index (κ2) is 9.13. The highest BCUT2D eigenvalue weighted by atomic mass is 16.7. The molecule has 0 saturated carbocycles. The molecule has 32 heavy (non-hydrogen) atoms. The standard InChI is InChI=1S/C29H30O3/c1-5-20(2)28(30)31-19-32-29(3,4)23-15-17-25-22(18-23)14-16-27-24(12-9-13-26(25)27)21-10-7-6-8-11-21/h6-18,20H,5,19H2,1-4H3. The van der Waals surface area contributed by atoms with Gasteiger partial charge in [-0.15, -0.1) is 0 Å². The molecule has 0 radical (unpaired) electrons. The van der Waals surface area contributed by atoms with Crippen LogP contribution in [0.3, 0.4) is 0 Å². The van der Waals surface area contributed by atoms with Crippen LogP contribution >= 0.6 is 0 Å². The maximum absolute atomic E-state index is 11.9. The number of fused-ring (bicyclic) bond motifs is 3. The molecular weight excluding hydrogens is 396 g/mol. The molecule has 4 rings (SSSR count). The summed E-state index contributed by atoms with van der Waals surface area (Å²) in [5.41, 5.74) is 2.92. The summed E-state index contributed by atoms with van der Waals surface area (Å²) in [6.45, 7) is 7.79. The van der Waals surface area contributed by atoms with Crippen LogP contribution in [0.1, 0.15) is 39.7 Å². The van der Waals surface area contributed by atoms with Crippen molar-refractivity contribution in [3.05, 3.63) is 84.4 Å². The SMILES string of the molecule is CCC(C)C(=O)OCOC(C)(C)c1ccc2c(ccc3c(-c4ccccc4)cccc32)c1. The number of hydrogen-bond donors (Lipinski definition) is 0. The summed E-state index contributed by atoms with van der Waals surface area (Å²) >= 11 is 0. The van der Waals surface area contributed by atoms with Gasteiger partial charge in [0, 0.05) is 0 Å². The number of esters is 1. The summed E-state index contributed by atoms with van der Waals surface area (Å²) in [7, 11) is 0. The first-order valence-corrected chi connectivity index (χ1v) is 11.2. The number of benzene rings is 4. The summed E-state index contributed by atoms with van der Waals surface area (Å²) in [6, 6.07) is 27.8. The van der Waals surface area contributed by atoms with Gasteiger partial charge >= 0.3 is 5.97 Å². The van der Waals surface area contributed by atoms with Crippen molar-refractivity contribution in [1.29, 1.82) is 0 Å². The predicted molar refractivity (Wildman–Crippen MR) is 131 cm³/mol. The number of rotatable bonds is 7. The van der Waals surface area contributed by atoms with Gasteiger partial charge < -0.3 is 9.47 Å². The molecule has 0 heterocycles. The molecule has 1 unspecified atom stereocenters. The first-order chi connectivity index (χ1) is 15.4. The lowest BCUT2D eigenvalue weighted by Crippen LogP contribution is -2.25. The van der Waals surface area contributed by atoms with Crippen LogP contribution in [0.25, 0.3) is 32.7 Å². The highest BCUT2D eigenvalue weighted by Gasteiger charge is 2.23. The number of ether oxygens (including phenoxy) is 2. The number of carbonyl (C=O) groups excluding carboxylic acids is 1. The average Bonchev–Trinajstić information content (AvgIpc) is 2.82. The summed E-state index contributed by atoms with van der Waals surface area (Å²) in [6.07, 6.45) is 0.757. The zero-order chi connectivity index (χ0) is 22.7. The van der Waals surface area contributed by atoms with Crippen molar-refractivity contribution in [3.8, 4) is 11.1 Å². The monoisotopic (exact) mass is 426 g/mol. The molecule has 1 atom stereocenters. The number of carbonyl (C=O) groups is 1. The molecule has 0 amide bonds. The van der Waals surface area contributed by atoms with E-state index >= 15 is 0 Å². The van der Waals surface area contributed by atoms with Crippen LogP contribution in [-0.4, -0.2) is 12.8 Å². The first kappa shape index (κ1) is 22.0. The quantitative estimate of drug-likeness (QED) is 0.175. The van der Waals surface area contributed by atoms with Crippen molar-refractivity contribution < 1.29 is 14.3 Å². The summed E-state index contributed by atoms with van der Waals surface area (Å²) in [4.78, 5) is 11.9. The smallest absolute Gasteiger partial charge is 0.310 e. The lowest BCUT2D eigenvalue weighted by molar-refractivity contribution is -0.174. The van der Waals surface area contributed by atoms with Crippen molar-refractivity contribution in [3.63, 3.8) is 0 Å². The predicted octanol–water partition coefficient (Wildman–Crippen LogP) is 7.46. The second-order valence-electron chi connectivity index (χ2n) is 8.81. The third kappa shape index (κ3) is 4.39. The Morgan fingerprint density at radius 3 is 2.38 bits per heavy atom. The molecule has 0 N–H and O–H groups in total. The fourth-order valence-electron chi connectivity index (χ4n) is 3.97. The van der Waals surface area contributed by atoms with E-state index in [1.165, 1.54) is 27.3 Å². The van der Waals surface area contributed by atoms with Gasteiger partial charge in [0.1, 0.15) is 0 Å². The second-order valence-corrected chi connectivity index (χ2v) is 8.81. The molecule has 0 aliphatic heterocycles. The molecule has 3 nitrogen and oxygen atoms in total. The Morgan fingerprint density at radius 2 is 1.62 bits per heavy atom. The van der Waals surface area contributed by atoms with E-state index in [-0.39, 0.29) is 18.7 Å². The van der Waals surface area contributed by atoms with E-state index in [1.54, 1.807) is 0 Å². The highest BCUT2D eigenvalue weighted by molar-refractivity contribution is 6.12. The molecule has 4 aromatic rings. The van der Waals surface area contributed by atoms with Gasteiger partial charge in [-0.2, -0.15) is 0 Å².